The van der Waals surface area contributed by atoms with Gasteiger partial charge in [-0.2, -0.15) is 0 Å². The Bertz CT molecular complexity index is 926. The number of unbranched alkanes of at least 4 members (excludes halogenated alkanes) is 3. The van der Waals surface area contributed by atoms with Gasteiger partial charge in [-0.05, 0) is 0 Å². The number of benzene rings is 2. The first-order chi connectivity index (χ1) is 15.8. The number of carbonyl (C=O) groups is 1. The van der Waals surface area contributed by atoms with E-state index >= 15 is 0 Å². The number of amides is 1. The third-order valence-electron chi connectivity index (χ3n) is 6.84. The van der Waals surface area contributed by atoms with Crippen molar-refractivity contribution in [1.29, 1.82) is 0 Å². The number of rotatable bonds is 14. The number of sulfonamides is 1. The van der Waals surface area contributed by atoms with Crippen molar-refractivity contribution in [2.24, 2.45) is 0 Å². The van der Waals surface area contributed by atoms with Crippen molar-refractivity contribution in [1.82, 2.24) is 4.31 Å². The van der Waals surface area contributed by atoms with Gasteiger partial charge in [0, 0.05) is 0 Å². The average molecular weight is 578 g/mol. The Kier molecular flexibility index (Phi) is 11.4. The molecule has 0 aromatic heterocycles. The Labute approximate surface area is 205 Å². The van der Waals surface area contributed by atoms with Crippen molar-refractivity contribution in [2.75, 3.05) is 0 Å². The Hall–Kier alpha value is -1.34. The maximum atomic E-state index is 14.0. The minimum atomic E-state index is -3.97. The molecular formula is C27H41NO3SSn. The second-order valence-electron chi connectivity index (χ2n) is 9.13. The second kappa shape index (κ2) is 13.5. The molecule has 1 amide bonds. The van der Waals surface area contributed by atoms with Crippen molar-refractivity contribution in [3.8, 4) is 0 Å². The van der Waals surface area contributed by atoms with E-state index in [1.165, 1.54) is 4.31 Å². The molecule has 0 aliphatic heterocycles. The fraction of sp³-hybridized carbons (Fsp3) is 0.519. The monoisotopic (exact) mass is 579 g/mol. The van der Waals surface area contributed by atoms with Crippen molar-refractivity contribution in [3.05, 3.63) is 66.2 Å². The predicted octanol–water partition coefficient (Wildman–Crippen LogP) is 7.29. The van der Waals surface area contributed by atoms with Crippen LogP contribution in [0.1, 0.15) is 76.6 Å². The summed E-state index contributed by atoms with van der Waals surface area (Å²) >= 11 is -3.11. The van der Waals surface area contributed by atoms with Crippen LogP contribution >= 0.6 is 0 Å². The molecule has 0 aliphatic carbocycles. The van der Waals surface area contributed by atoms with Crippen LogP contribution in [0, 0.1) is 0 Å². The standard InChI is InChI=1S/C15H14NO3S.3C4H9.Sn/c1-2-16(15(17)13-9-5-3-6-10-13)20(18,19)14-11-7-4-8-12-14;3*1-3-4-2;/h2-12H,1H3;3*1,3-4H2,2H3;. The summed E-state index contributed by atoms with van der Waals surface area (Å²) in [5, 5.41) is 0. The van der Waals surface area contributed by atoms with Crippen molar-refractivity contribution >= 4 is 34.3 Å². The molecule has 182 valence electrons. The Balaban J connectivity index is 2.66. The summed E-state index contributed by atoms with van der Waals surface area (Å²) in [6.07, 6.45) is 6.65. The zero-order valence-corrected chi connectivity index (χ0v) is 24.5. The van der Waals surface area contributed by atoms with Gasteiger partial charge in [0.2, 0.25) is 0 Å². The first-order valence-corrected chi connectivity index (χ1v) is 21.7. The molecule has 0 bridgehead atoms. The molecule has 2 aromatic carbocycles. The van der Waals surface area contributed by atoms with Crippen LogP contribution in [-0.2, 0) is 10.0 Å². The van der Waals surface area contributed by atoms with E-state index in [9.17, 15) is 13.2 Å². The Morgan fingerprint density at radius 1 is 0.788 bits per heavy atom. The molecule has 0 saturated carbocycles. The van der Waals surface area contributed by atoms with Gasteiger partial charge in [-0.15, -0.1) is 0 Å². The van der Waals surface area contributed by atoms with Crippen LogP contribution in [0.2, 0.25) is 13.3 Å². The van der Waals surface area contributed by atoms with Crippen LogP contribution in [0.5, 0.6) is 0 Å². The van der Waals surface area contributed by atoms with Crippen LogP contribution < -0.4 is 0 Å². The van der Waals surface area contributed by atoms with Gasteiger partial charge in [0.1, 0.15) is 0 Å². The first kappa shape index (κ1) is 27.9. The van der Waals surface area contributed by atoms with Gasteiger partial charge in [-0.1, -0.05) is 0 Å². The summed E-state index contributed by atoms with van der Waals surface area (Å²) in [5.74, 6) is -0.391. The molecule has 6 heteroatoms. The molecular weight excluding hydrogens is 537 g/mol. The normalized spacial score (nSPS) is 13.0. The van der Waals surface area contributed by atoms with Gasteiger partial charge in [0.25, 0.3) is 0 Å². The molecule has 0 N–H and O–H groups in total. The molecule has 0 radical (unpaired) electrons. The number of hydrogen-bond acceptors (Lipinski definition) is 3. The van der Waals surface area contributed by atoms with E-state index in [2.05, 4.69) is 27.7 Å². The van der Waals surface area contributed by atoms with Gasteiger partial charge in [-0.3, -0.25) is 0 Å². The van der Waals surface area contributed by atoms with Crippen molar-refractivity contribution in [3.63, 3.8) is 0 Å². The van der Waals surface area contributed by atoms with Gasteiger partial charge in [0.05, 0.1) is 0 Å². The van der Waals surface area contributed by atoms with Crippen LogP contribution in [0.3, 0.4) is 0 Å². The molecule has 2 aromatic rings. The fourth-order valence-corrected chi connectivity index (χ4v) is 25.4. The molecule has 33 heavy (non-hydrogen) atoms. The molecule has 0 spiro atoms. The van der Waals surface area contributed by atoms with Gasteiger partial charge < -0.3 is 0 Å². The minimum absolute atomic E-state index is 0.197. The molecule has 0 aliphatic rings. The van der Waals surface area contributed by atoms with Gasteiger partial charge in [0.15, 0.2) is 0 Å². The van der Waals surface area contributed by atoms with E-state index in [0.717, 1.165) is 51.8 Å². The van der Waals surface area contributed by atoms with Crippen molar-refractivity contribution < 1.29 is 13.2 Å². The zero-order valence-electron chi connectivity index (χ0n) is 20.8. The van der Waals surface area contributed by atoms with Crippen LogP contribution in [-0.4, -0.2) is 41.1 Å². The zero-order chi connectivity index (χ0) is 24.3. The third kappa shape index (κ3) is 7.07. The summed E-state index contributed by atoms with van der Waals surface area (Å²) in [5.41, 5.74) is 0.436. The van der Waals surface area contributed by atoms with E-state index in [1.807, 2.05) is 6.07 Å². The van der Waals surface area contributed by atoms with E-state index in [4.69, 9.17) is 0 Å². The quantitative estimate of drug-likeness (QED) is 0.221. The SMILES string of the molecule is CCC[CH2][Sn]([CH2]CCC)([CH2]CCC)[C@@H](C)N(C(=O)c1ccccc1)S(=O)(=O)c1ccccc1. The predicted molar refractivity (Wildman–Crippen MR) is 141 cm³/mol. The molecule has 1 atom stereocenters. The summed E-state index contributed by atoms with van der Waals surface area (Å²) in [4.78, 5) is 14.1. The van der Waals surface area contributed by atoms with Crippen LogP contribution in [0.15, 0.2) is 65.6 Å². The van der Waals surface area contributed by atoms with E-state index in [1.54, 1.807) is 54.6 Å². The molecule has 0 saturated heterocycles. The Morgan fingerprint density at radius 2 is 1.21 bits per heavy atom. The Morgan fingerprint density at radius 3 is 1.64 bits per heavy atom. The van der Waals surface area contributed by atoms with Crippen molar-refractivity contribution in [2.45, 2.75) is 88.5 Å². The van der Waals surface area contributed by atoms with E-state index < -0.39 is 34.3 Å². The molecule has 0 fully saturated rings. The summed E-state index contributed by atoms with van der Waals surface area (Å²) in [6.45, 7) is 8.66. The first-order valence-electron chi connectivity index (χ1n) is 12.5. The molecule has 0 heterocycles. The second-order valence-corrected chi connectivity index (χ2v) is 25.4. The topological polar surface area (TPSA) is 54.5 Å². The summed E-state index contributed by atoms with van der Waals surface area (Å²) in [6, 6.07) is 17.4. The third-order valence-corrected chi connectivity index (χ3v) is 26.6. The molecule has 4 nitrogen and oxygen atoms in total. The fourth-order valence-electron chi connectivity index (χ4n) is 4.74. The van der Waals surface area contributed by atoms with E-state index in [0.29, 0.717) is 5.56 Å². The van der Waals surface area contributed by atoms with Crippen LogP contribution in [0.4, 0.5) is 0 Å². The summed E-state index contributed by atoms with van der Waals surface area (Å²) < 4.78 is 32.5. The average Bonchev–Trinajstić information content (AvgIpc) is 2.84. The molecule has 2 rings (SSSR count). The molecule has 0 unspecified atom stereocenters. The maximum absolute atomic E-state index is 14.0. The van der Waals surface area contributed by atoms with Crippen LogP contribution in [0.25, 0.3) is 0 Å². The number of carbonyl (C=O) groups excluding carboxylic acids is 1. The van der Waals surface area contributed by atoms with Gasteiger partial charge in [-0.25, -0.2) is 0 Å². The number of nitrogens with zero attached hydrogens (tertiary/aromatic N) is 1. The van der Waals surface area contributed by atoms with Gasteiger partial charge >= 0.3 is 207 Å². The summed E-state index contributed by atoms with van der Waals surface area (Å²) in [7, 11) is -3.97. The number of hydrogen-bond donors (Lipinski definition) is 0. The van der Waals surface area contributed by atoms with E-state index in [-0.39, 0.29) is 8.95 Å².